The van der Waals surface area contributed by atoms with Gasteiger partial charge >= 0.3 is 35.5 Å². The van der Waals surface area contributed by atoms with Gasteiger partial charge in [0.25, 0.3) is 0 Å². The normalized spacial score (nSPS) is 11.6. The summed E-state index contributed by atoms with van der Waals surface area (Å²) in [7, 11) is 9.80. The van der Waals surface area contributed by atoms with Gasteiger partial charge in [-0.1, -0.05) is 80.2 Å². The van der Waals surface area contributed by atoms with E-state index in [1.165, 1.54) is 0 Å². The number of carbonyl (C=O) groups is 3. The van der Waals surface area contributed by atoms with Crippen molar-refractivity contribution >= 4 is 17.8 Å². The number of carboxylic acid groups (broad SMARTS) is 1. The van der Waals surface area contributed by atoms with E-state index in [0.29, 0.717) is 28.5 Å². The fourth-order valence-corrected chi connectivity index (χ4v) is 3.86. The van der Waals surface area contributed by atoms with E-state index in [0.717, 1.165) is 0 Å². The average molecular weight is 658 g/mol. The van der Waals surface area contributed by atoms with Crippen LogP contribution in [0.1, 0.15) is 99.4 Å². The third kappa shape index (κ3) is 34.1. The minimum Gasteiger partial charge on any atom is -0.550 e. The number of nitrogens with one attached hydrogen (secondary N) is 1. The van der Waals surface area contributed by atoms with Crippen LogP contribution >= 0.6 is 0 Å². The number of quaternary nitrogens is 2. The monoisotopic (exact) mass is 658 g/mol. The molecule has 0 radical (unpaired) electrons. The first-order valence-corrected chi connectivity index (χ1v) is 11.5. The molecule has 0 saturated carbocycles. The van der Waals surface area contributed by atoms with Crippen molar-refractivity contribution in [3.63, 3.8) is 0 Å². The third-order valence-electron chi connectivity index (χ3n) is 5.57. The number of aliphatic hydroxyl groups excluding tert-OH is 2. The smallest absolute Gasteiger partial charge is 0.550 e. The summed E-state index contributed by atoms with van der Waals surface area (Å²) < 4.78 is 5.92. The fourth-order valence-electron chi connectivity index (χ4n) is 3.86. The number of esters is 1. The Morgan fingerprint density at radius 2 is 1.30 bits per heavy atom. The first-order chi connectivity index (χ1) is 14.9. The van der Waals surface area contributed by atoms with Crippen LogP contribution in [0.15, 0.2) is 0 Å². The molecule has 0 spiro atoms. The van der Waals surface area contributed by atoms with Gasteiger partial charge in [-0.05, 0) is 19.3 Å². The molecule has 44 heavy (non-hydrogen) atoms. The van der Waals surface area contributed by atoms with Crippen LogP contribution in [0.25, 0.3) is 0 Å². The van der Waals surface area contributed by atoms with Crippen molar-refractivity contribution in [3.05, 3.63) is 14.9 Å². The molecule has 0 fully saturated rings. The van der Waals surface area contributed by atoms with E-state index in [4.69, 9.17) is 9.84 Å². The molecule has 274 valence electrons. The van der Waals surface area contributed by atoms with Gasteiger partial charge in [0.05, 0.1) is 47.8 Å². The summed E-state index contributed by atoms with van der Waals surface area (Å²) in [6.45, 7) is 5.93. The summed E-state index contributed by atoms with van der Waals surface area (Å²) in [5, 5.41) is 33.8. The Kier molecular flexibility index (Phi) is 63.1. The van der Waals surface area contributed by atoms with E-state index < -0.39 is 35.3 Å². The molecular weight excluding hydrogens is 573 g/mol. The quantitative estimate of drug-likeness (QED) is 0.0759. The molecule has 0 rings (SSSR count). The van der Waals surface area contributed by atoms with Gasteiger partial charge in [-0.3, -0.25) is 9.59 Å². The second-order valence-corrected chi connectivity index (χ2v) is 11.2. The van der Waals surface area contributed by atoms with Crippen molar-refractivity contribution in [2.45, 2.75) is 106 Å². The standard InChI is InChI=1S/C23H45N3O7.8CH4.2CH3.Na/c1-9-17(21(31)33-11-10-27)12-18(20(29)30)13-23(2,3)22(32)24-16-26(7,8)15-19(28)14-25(4,5)6;;;;;;;;;;;/h17-19,27-28H,9-16H2,1-8H3;8*1H4;2*1H3;/q;;;;;;;;;2*-1;+1/p+1. The average Bonchev–Trinajstić information content (AvgIpc) is 2.64. The van der Waals surface area contributed by atoms with E-state index in [9.17, 15) is 24.6 Å². The SMILES string of the molecule is C.C.C.C.C.C.C.C.CCC(CC(CC(C)(C)C(=O)NC[N+](C)(C)CC(O)C[N+](C)(C)C)C(=O)[O-])C(=O)OCCO.[CH3-].[CH3-].[Na+]. The van der Waals surface area contributed by atoms with Gasteiger partial charge in [0.1, 0.15) is 19.7 Å². The molecule has 3 unspecified atom stereocenters. The number of carbonyl (C=O) groups excluding carboxylic acids is 3. The first kappa shape index (κ1) is 79.1. The topological polar surface area (TPSA) is 136 Å². The Bertz CT molecular complexity index is 656. The molecule has 0 aromatic heterocycles. The van der Waals surface area contributed by atoms with Crippen LogP contribution in [0.2, 0.25) is 0 Å². The van der Waals surface area contributed by atoms with Gasteiger partial charge in [0.15, 0.2) is 12.8 Å². The van der Waals surface area contributed by atoms with Crippen LogP contribution in [0.4, 0.5) is 0 Å². The first-order valence-electron chi connectivity index (χ1n) is 11.5. The van der Waals surface area contributed by atoms with Crippen molar-refractivity contribution in [1.82, 2.24) is 5.32 Å². The summed E-state index contributed by atoms with van der Waals surface area (Å²) in [5.74, 6) is -3.85. The Labute approximate surface area is 300 Å². The number of amides is 1. The molecule has 3 N–H and O–H groups in total. The number of carboxylic acids is 1. The molecule has 11 heteroatoms. The van der Waals surface area contributed by atoms with Crippen molar-refractivity contribution < 1.29 is 73.0 Å². The van der Waals surface area contributed by atoms with Crippen LogP contribution in [-0.2, 0) is 19.1 Å². The fraction of sp³-hybridized carbons (Fsp3) is 0.848. The number of likely N-dealkylation sites (N-methyl/N-ethyl adjacent to an activating group) is 2. The molecule has 0 bridgehead atoms. The zero-order valence-corrected chi connectivity index (χ0v) is 26.7. The molecule has 3 atom stereocenters. The number of aliphatic carboxylic acids is 1. The molecule has 0 aliphatic heterocycles. The summed E-state index contributed by atoms with van der Waals surface area (Å²) >= 11 is 0. The van der Waals surface area contributed by atoms with E-state index in [1.54, 1.807) is 20.8 Å². The van der Waals surface area contributed by atoms with E-state index in [-0.39, 0.29) is 142 Å². The van der Waals surface area contributed by atoms with E-state index >= 15 is 0 Å². The number of nitrogens with zero attached hydrogens (tertiary/aromatic N) is 2. The number of hydrogen-bond acceptors (Lipinski definition) is 7. The maximum atomic E-state index is 12.9. The molecule has 0 saturated heterocycles. The molecule has 0 aliphatic carbocycles. The van der Waals surface area contributed by atoms with Crippen LogP contribution in [0.5, 0.6) is 0 Å². The second-order valence-electron chi connectivity index (χ2n) is 11.2. The van der Waals surface area contributed by atoms with Crippen molar-refractivity contribution in [2.24, 2.45) is 17.3 Å². The molecular formula is C33H84N3NaO7. The molecule has 0 aliphatic rings. The minimum atomic E-state index is -1.32. The molecule has 0 aromatic rings. The molecule has 0 aromatic carbocycles. The van der Waals surface area contributed by atoms with Gasteiger partial charge < -0.3 is 54.0 Å². The summed E-state index contributed by atoms with van der Waals surface area (Å²) in [5.41, 5.74) is -1.01. The summed E-state index contributed by atoms with van der Waals surface area (Å²) in [4.78, 5) is 36.8. The number of rotatable bonds is 16. The molecule has 0 heterocycles. The van der Waals surface area contributed by atoms with Gasteiger partial charge in [-0.2, -0.15) is 0 Å². The zero-order chi connectivity index (χ0) is 26.0. The van der Waals surface area contributed by atoms with Gasteiger partial charge in [-0.15, -0.1) is 0 Å². The van der Waals surface area contributed by atoms with E-state index in [2.05, 4.69) is 5.32 Å². The van der Waals surface area contributed by atoms with Crippen LogP contribution in [0.3, 0.4) is 0 Å². The summed E-state index contributed by atoms with van der Waals surface area (Å²) in [6.07, 6.45) is -0.160. The maximum absolute atomic E-state index is 12.9. The number of hydrogen-bond donors (Lipinski definition) is 3. The molecule has 1 amide bonds. The largest absolute Gasteiger partial charge is 1.00 e. The predicted octanol–water partition coefficient (Wildman–Crippen LogP) is 1.93. The van der Waals surface area contributed by atoms with Crippen LogP contribution in [0, 0.1) is 32.1 Å². The van der Waals surface area contributed by atoms with Gasteiger partial charge in [0.2, 0.25) is 5.91 Å². The van der Waals surface area contributed by atoms with Crippen LogP contribution < -0.4 is 40.0 Å². The Balaban J connectivity index is -0.0000000931. The Hall–Kier alpha value is -0.750. The van der Waals surface area contributed by atoms with Crippen molar-refractivity contribution in [2.75, 3.05) is 68.2 Å². The minimum absolute atomic E-state index is 0. The maximum Gasteiger partial charge on any atom is 1.00 e. The number of aliphatic hydroxyl groups is 2. The Morgan fingerprint density at radius 3 is 1.64 bits per heavy atom. The summed E-state index contributed by atoms with van der Waals surface area (Å²) in [6, 6.07) is 0. The second kappa shape index (κ2) is 35.1. The van der Waals surface area contributed by atoms with Gasteiger partial charge in [-0.25, -0.2) is 0 Å². The Morgan fingerprint density at radius 1 is 0.864 bits per heavy atom. The third-order valence-corrected chi connectivity index (χ3v) is 5.57. The number of ether oxygens (including phenoxy) is 1. The van der Waals surface area contributed by atoms with Gasteiger partial charge in [0, 0.05) is 17.3 Å². The zero-order valence-electron chi connectivity index (χ0n) is 24.7. The van der Waals surface area contributed by atoms with Crippen LogP contribution in [-0.4, -0.2) is 111 Å². The van der Waals surface area contributed by atoms with Crippen molar-refractivity contribution in [3.8, 4) is 0 Å². The van der Waals surface area contributed by atoms with Crippen molar-refractivity contribution in [1.29, 1.82) is 0 Å². The molecule has 10 nitrogen and oxygen atoms in total. The predicted molar refractivity (Wildman–Crippen MR) is 189 cm³/mol. The van der Waals surface area contributed by atoms with E-state index in [1.807, 2.05) is 35.2 Å².